The van der Waals surface area contributed by atoms with Gasteiger partial charge in [0.2, 0.25) is 0 Å². The van der Waals surface area contributed by atoms with E-state index in [-0.39, 0.29) is 16.9 Å². The molecule has 3 aromatic carbocycles. The van der Waals surface area contributed by atoms with Crippen molar-refractivity contribution in [2.75, 3.05) is 54.1 Å². The van der Waals surface area contributed by atoms with Crippen LogP contribution in [0.15, 0.2) is 84.9 Å². The van der Waals surface area contributed by atoms with E-state index in [0.29, 0.717) is 38.5 Å². The molecule has 266 valence electrons. The number of thiophene rings is 1. The summed E-state index contributed by atoms with van der Waals surface area (Å²) in [7, 11) is 2.13. The van der Waals surface area contributed by atoms with Crippen LogP contribution >= 0.6 is 11.3 Å². The van der Waals surface area contributed by atoms with Gasteiger partial charge in [-0.1, -0.05) is 6.07 Å². The van der Waals surface area contributed by atoms with E-state index in [1.807, 2.05) is 12.1 Å². The van der Waals surface area contributed by atoms with Gasteiger partial charge in [0, 0.05) is 71.8 Å². The van der Waals surface area contributed by atoms with Crippen molar-refractivity contribution in [1.82, 2.24) is 24.4 Å². The number of anilines is 5. The zero-order valence-corrected chi connectivity index (χ0v) is 29.3. The average molecular weight is 726 g/mol. The molecule has 1 aliphatic heterocycles. The fraction of sp³-hybridized carbons (Fsp3) is 0.216. The number of hydrogen-bond acceptors (Lipinski definition) is 9. The molecule has 0 radical (unpaired) electrons. The molecule has 7 rings (SSSR count). The molecular formula is C37H34F3N9O2S. The number of hydrogen-bond donors (Lipinski definition) is 3. The summed E-state index contributed by atoms with van der Waals surface area (Å²) in [5, 5.41) is 10.6. The largest absolute Gasteiger partial charge is 0.416 e. The maximum atomic E-state index is 13.8. The van der Waals surface area contributed by atoms with Crippen LogP contribution in [-0.4, -0.2) is 69.5 Å². The van der Waals surface area contributed by atoms with E-state index in [1.165, 1.54) is 34.6 Å². The number of amides is 2. The molecule has 0 aliphatic carbocycles. The van der Waals surface area contributed by atoms with Crippen LogP contribution in [0.2, 0.25) is 0 Å². The number of piperazine rings is 1. The summed E-state index contributed by atoms with van der Waals surface area (Å²) in [5.74, 6) is -0.597. The normalized spacial score (nSPS) is 13.7. The standard InChI is InChI=1S/C37H34F3N9O2S/c1-22-4-5-27(45-35(50)24-14-25(37(38,39)40)16-29(15-24)49-18-23(2)43-21-49)17-31(22)46-36(51)30-19-52-33-32(30)41-20-42-34(33)44-26-6-8-28(9-7-26)48-12-10-47(3)11-13-48/h4-9,14-21H,10-13H2,1-3H3,(H,45,50)(H,46,51)(H,41,42,44). The van der Waals surface area contributed by atoms with Gasteiger partial charge in [-0.3, -0.25) is 9.59 Å². The third kappa shape index (κ3) is 7.45. The highest BCUT2D eigenvalue weighted by Gasteiger charge is 2.32. The van der Waals surface area contributed by atoms with Crippen LogP contribution < -0.4 is 20.9 Å². The minimum absolute atomic E-state index is 0.140. The molecule has 11 nitrogen and oxygen atoms in total. The quantitative estimate of drug-likeness (QED) is 0.148. The zero-order valence-electron chi connectivity index (χ0n) is 28.5. The zero-order chi connectivity index (χ0) is 36.6. The second-order valence-electron chi connectivity index (χ2n) is 12.6. The van der Waals surface area contributed by atoms with E-state index < -0.39 is 23.6 Å². The molecule has 0 spiro atoms. The number of nitrogens with one attached hydrogen (secondary N) is 3. The molecule has 1 fully saturated rings. The highest BCUT2D eigenvalue weighted by molar-refractivity contribution is 7.18. The van der Waals surface area contributed by atoms with E-state index in [1.54, 1.807) is 43.6 Å². The van der Waals surface area contributed by atoms with Crippen LogP contribution in [0.4, 0.5) is 41.7 Å². The first-order valence-electron chi connectivity index (χ1n) is 16.4. The number of carbonyl (C=O) groups is 2. The molecule has 0 unspecified atom stereocenters. The SMILES string of the molecule is Cc1cn(-c2cc(C(=O)Nc3ccc(C)c(NC(=O)c4csc5c(Nc6ccc(N7CCN(C)CC7)cc6)ncnc45)c3)cc(C(F)(F)F)c2)cn1. The second kappa shape index (κ2) is 14.1. The Morgan fingerprint density at radius 1 is 0.827 bits per heavy atom. The van der Waals surface area contributed by atoms with Crippen molar-refractivity contribution in [3.8, 4) is 5.69 Å². The molecule has 6 aromatic rings. The number of halogens is 3. The van der Waals surface area contributed by atoms with Gasteiger partial charge < -0.3 is 30.3 Å². The number of likely N-dealkylation sites (N-methyl/N-ethyl adjacent to an activating group) is 1. The monoisotopic (exact) mass is 725 g/mol. The van der Waals surface area contributed by atoms with Crippen LogP contribution in [0.1, 0.15) is 37.5 Å². The summed E-state index contributed by atoms with van der Waals surface area (Å²) >= 11 is 1.34. The Kier molecular flexibility index (Phi) is 9.38. The number of benzene rings is 3. The lowest BCUT2D eigenvalue weighted by atomic mass is 10.1. The van der Waals surface area contributed by atoms with Crippen molar-refractivity contribution >= 4 is 61.9 Å². The van der Waals surface area contributed by atoms with E-state index >= 15 is 0 Å². The summed E-state index contributed by atoms with van der Waals surface area (Å²) < 4.78 is 43.5. The molecule has 1 saturated heterocycles. The molecule has 2 amide bonds. The summed E-state index contributed by atoms with van der Waals surface area (Å²) in [5.41, 5.74) is 3.82. The maximum absolute atomic E-state index is 13.8. The van der Waals surface area contributed by atoms with Crippen LogP contribution in [0.3, 0.4) is 0 Å². The van der Waals surface area contributed by atoms with Gasteiger partial charge >= 0.3 is 6.18 Å². The summed E-state index contributed by atoms with van der Waals surface area (Å²) in [6, 6.07) is 16.2. The van der Waals surface area contributed by atoms with Gasteiger partial charge in [0.05, 0.1) is 33.4 Å². The van der Waals surface area contributed by atoms with Gasteiger partial charge in [0.15, 0.2) is 5.82 Å². The van der Waals surface area contributed by atoms with Crippen molar-refractivity contribution in [1.29, 1.82) is 0 Å². The minimum Gasteiger partial charge on any atom is -0.369 e. The number of fused-ring (bicyclic) bond motifs is 1. The van der Waals surface area contributed by atoms with E-state index in [9.17, 15) is 22.8 Å². The van der Waals surface area contributed by atoms with Crippen molar-refractivity contribution in [3.63, 3.8) is 0 Å². The summed E-state index contributed by atoms with van der Waals surface area (Å²) in [6.45, 7) is 7.49. The molecule has 0 atom stereocenters. The lowest BCUT2D eigenvalue weighted by Gasteiger charge is -2.34. The Bertz CT molecular complexity index is 2280. The molecule has 52 heavy (non-hydrogen) atoms. The lowest BCUT2D eigenvalue weighted by Crippen LogP contribution is -2.44. The number of imidazole rings is 1. The third-order valence-electron chi connectivity index (χ3n) is 8.86. The van der Waals surface area contributed by atoms with Gasteiger partial charge in [0.1, 0.15) is 6.33 Å². The molecule has 4 heterocycles. The first-order chi connectivity index (χ1) is 24.9. The Morgan fingerprint density at radius 2 is 1.58 bits per heavy atom. The molecular weight excluding hydrogens is 692 g/mol. The predicted octanol–water partition coefficient (Wildman–Crippen LogP) is 7.51. The second-order valence-corrected chi connectivity index (χ2v) is 13.5. The molecule has 3 N–H and O–H groups in total. The predicted molar refractivity (Wildman–Crippen MR) is 197 cm³/mol. The number of nitrogens with zero attached hydrogens (tertiary/aromatic N) is 6. The Hall–Kier alpha value is -5.80. The number of alkyl halides is 3. The van der Waals surface area contributed by atoms with E-state index in [2.05, 4.69) is 59.9 Å². The highest BCUT2D eigenvalue weighted by atomic mass is 32.1. The van der Waals surface area contributed by atoms with Gasteiger partial charge in [-0.05, 0) is 81.1 Å². The smallest absolute Gasteiger partial charge is 0.369 e. The van der Waals surface area contributed by atoms with Gasteiger partial charge in [-0.25, -0.2) is 15.0 Å². The Morgan fingerprint density at radius 3 is 2.29 bits per heavy atom. The van der Waals surface area contributed by atoms with Crippen molar-refractivity contribution in [2.24, 2.45) is 0 Å². The summed E-state index contributed by atoms with van der Waals surface area (Å²) in [4.78, 5) is 44.5. The topological polar surface area (TPSA) is 120 Å². The molecule has 0 saturated carbocycles. The maximum Gasteiger partial charge on any atom is 0.416 e. The van der Waals surface area contributed by atoms with Crippen molar-refractivity contribution < 1.29 is 22.8 Å². The fourth-order valence-electron chi connectivity index (χ4n) is 5.90. The molecule has 3 aromatic heterocycles. The van der Waals surface area contributed by atoms with Crippen LogP contribution in [0.5, 0.6) is 0 Å². The van der Waals surface area contributed by atoms with Crippen LogP contribution in [-0.2, 0) is 6.18 Å². The van der Waals surface area contributed by atoms with Crippen LogP contribution in [0, 0.1) is 13.8 Å². The van der Waals surface area contributed by atoms with Crippen molar-refractivity contribution in [3.05, 3.63) is 113 Å². The molecule has 15 heteroatoms. The number of carbonyl (C=O) groups excluding carboxylic acids is 2. The molecule has 0 bridgehead atoms. The van der Waals surface area contributed by atoms with Crippen LogP contribution in [0.25, 0.3) is 15.9 Å². The first-order valence-corrected chi connectivity index (χ1v) is 17.3. The minimum atomic E-state index is -4.67. The van der Waals surface area contributed by atoms with Gasteiger partial charge in [-0.2, -0.15) is 13.2 Å². The Labute approximate surface area is 301 Å². The van der Waals surface area contributed by atoms with Crippen molar-refractivity contribution in [2.45, 2.75) is 20.0 Å². The first kappa shape index (κ1) is 34.6. The number of aromatic nitrogens is 4. The summed E-state index contributed by atoms with van der Waals surface area (Å²) in [6.07, 6.45) is -0.317. The molecule has 1 aliphatic rings. The van der Waals surface area contributed by atoms with E-state index in [4.69, 9.17) is 0 Å². The van der Waals surface area contributed by atoms with Gasteiger partial charge in [0.25, 0.3) is 11.8 Å². The van der Waals surface area contributed by atoms with E-state index in [0.717, 1.165) is 49.7 Å². The highest BCUT2D eigenvalue weighted by Crippen LogP contribution is 2.34. The average Bonchev–Trinajstić information content (AvgIpc) is 3.77. The third-order valence-corrected chi connectivity index (χ3v) is 9.83. The fourth-order valence-corrected chi connectivity index (χ4v) is 6.85. The number of aryl methyl sites for hydroxylation is 2. The van der Waals surface area contributed by atoms with Gasteiger partial charge in [-0.15, -0.1) is 11.3 Å². The Balaban J connectivity index is 1.07. The lowest BCUT2D eigenvalue weighted by molar-refractivity contribution is -0.137. The number of rotatable bonds is 8.